The van der Waals surface area contributed by atoms with Crippen LogP contribution in [0.3, 0.4) is 0 Å². The Morgan fingerprint density at radius 3 is 2.10 bits per heavy atom. The summed E-state index contributed by atoms with van der Waals surface area (Å²) < 4.78 is 40.5. The highest BCUT2D eigenvalue weighted by Gasteiger charge is 2.63. The molecule has 2 fully saturated rings. The summed E-state index contributed by atoms with van der Waals surface area (Å²) in [5.74, 6) is 0.354. The van der Waals surface area contributed by atoms with Gasteiger partial charge in [0.15, 0.2) is 0 Å². The Balaban J connectivity index is 0.000000211. The second-order valence-corrected chi connectivity index (χ2v) is 5.90. The summed E-state index contributed by atoms with van der Waals surface area (Å²) in [5, 5.41) is 0. The van der Waals surface area contributed by atoms with Crippen molar-refractivity contribution in [3.8, 4) is 0 Å². The molecule has 0 aromatic rings. The molecule has 0 aromatic carbocycles. The largest absolute Gasteiger partial charge is 0.396 e. The third-order valence-corrected chi connectivity index (χ3v) is 4.05. The van der Waals surface area contributed by atoms with Crippen LogP contribution in [0.1, 0.15) is 51.9 Å². The second-order valence-electron chi connectivity index (χ2n) is 5.90. The minimum atomic E-state index is -4.07. The van der Waals surface area contributed by atoms with Crippen LogP contribution >= 0.6 is 0 Å². The summed E-state index contributed by atoms with van der Waals surface area (Å²) >= 11 is 0. The Labute approximate surface area is 124 Å². The lowest BCUT2D eigenvalue weighted by Gasteiger charge is -2.26. The van der Waals surface area contributed by atoms with Gasteiger partial charge in [-0.3, -0.25) is 4.79 Å². The predicted molar refractivity (Wildman–Crippen MR) is 74.9 cm³/mol. The van der Waals surface area contributed by atoms with Crippen LogP contribution in [-0.2, 0) is 9.53 Å². The first-order chi connectivity index (χ1) is 9.86. The highest BCUT2D eigenvalue weighted by atomic mass is 19.4. The molecule has 0 N–H and O–H groups in total. The van der Waals surface area contributed by atoms with E-state index in [-0.39, 0.29) is 19.4 Å². The van der Waals surface area contributed by atoms with Gasteiger partial charge in [0, 0.05) is 26.6 Å². The molecule has 3 nitrogen and oxygen atoms in total. The molecule has 0 spiro atoms. The molecule has 2 aliphatic rings. The Morgan fingerprint density at radius 1 is 1.19 bits per heavy atom. The third kappa shape index (κ3) is 5.49. The molecule has 1 aliphatic heterocycles. The first-order valence-electron chi connectivity index (χ1n) is 7.70. The smallest absolute Gasteiger partial charge is 0.384 e. The lowest BCUT2D eigenvalue weighted by atomic mass is 10.1. The first-order valence-corrected chi connectivity index (χ1v) is 7.70. The van der Waals surface area contributed by atoms with Gasteiger partial charge < -0.3 is 9.64 Å². The summed E-state index contributed by atoms with van der Waals surface area (Å²) in [6.45, 7) is 3.87. The molecule has 0 radical (unpaired) electrons. The summed E-state index contributed by atoms with van der Waals surface area (Å²) in [4.78, 5) is 13.3. The van der Waals surface area contributed by atoms with E-state index < -0.39 is 11.6 Å². The zero-order valence-corrected chi connectivity index (χ0v) is 13.0. The number of ether oxygens (including phenoxy) is 1. The van der Waals surface area contributed by atoms with Crippen molar-refractivity contribution < 1.29 is 22.7 Å². The Kier molecular flexibility index (Phi) is 6.97. The van der Waals surface area contributed by atoms with Crippen molar-refractivity contribution in [1.29, 1.82) is 0 Å². The summed E-state index contributed by atoms with van der Waals surface area (Å²) in [5.41, 5.74) is -1.48. The van der Waals surface area contributed by atoms with E-state index in [1.165, 1.54) is 26.4 Å². The minimum absolute atomic E-state index is 0.184. The van der Waals surface area contributed by atoms with Crippen LogP contribution in [0.15, 0.2) is 0 Å². The van der Waals surface area contributed by atoms with Crippen LogP contribution in [0.5, 0.6) is 0 Å². The molecule has 1 saturated heterocycles. The number of alkyl halides is 3. The van der Waals surface area contributed by atoms with E-state index in [4.69, 9.17) is 0 Å². The molecule has 0 atom stereocenters. The Bertz CT molecular complexity index is 321. The van der Waals surface area contributed by atoms with Gasteiger partial charge in [0.25, 0.3) is 0 Å². The van der Waals surface area contributed by atoms with Crippen LogP contribution in [0.2, 0.25) is 0 Å². The Hall–Kier alpha value is -0.780. The maximum atomic E-state index is 12.0. The first kappa shape index (κ1) is 18.3. The average molecular weight is 309 g/mol. The van der Waals surface area contributed by atoms with Crippen molar-refractivity contribution in [2.45, 2.75) is 58.0 Å². The summed E-state index contributed by atoms with van der Waals surface area (Å²) in [6.07, 6.45) is 1.81. The molecule has 21 heavy (non-hydrogen) atoms. The summed E-state index contributed by atoms with van der Waals surface area (Å²) in [6, 6.07) is 0. The fraction of sp³-hybridized carbons (Fsp3) is 0.933. The maximum Gasteiger partial charge on any atom is 0.396 e. The predicted octanol–water partition coefficient (Wildman–Crippen LogP) is 3.77. The van der Waals surface area contributed by atoms with Gasteiger partial charge in [-0.1, -0.05) is 6.92 Å². The van der Waals surface area contributed by atoms with Gasteiger partial charge in [0.2, 0.25) is 5.91 Å². The molecule has 1 saturated carbocycles. The van der Waals surface area contributed by atoms with Crippen LogP contribution in [0.25, 0.3) is 0 Å². The van der Waals surface area contributed by atoms with Crippen LogP contribution < -0.4 is 0 Å². The van der Waals surface area contributed by atoms with Crippen molar-refractivity contribution in [3.05, 3.63) is 0 Å². The van der Waals surface area contributed by atoms with Gasteiger partial charge in [-0.2, -0.15) is 13.2 Å². The fourth-order valence-electron chi connectivity index (χ4n) is 2.45. The number of hydrogen-bond acceptors (Lipinski definition) is 2. The van der Waals surface area contributed by atoms with Gasteiger partial charge in [-0.15, -0.1) is 0 Å². The number of amides is 1. The van der Waals surface area contributed by atoms with Crippen LogP contribution in [0, 0.1) is 5.41 Å². The zero-order chi connectivity index (χ0) is 15.9. The molecule has 124 valence electrons. The number of nitrogens with zero attached hydrogens (tertiary/aromatic N) is 1. The van der Waals surface area contributed by atoms with Crippen molar-refractivity contribution >= 4 is 5.91 Å². The molecule has 0 bridgehead atoms. The average Bonchev–Trinajstić information content (AvgIpc) is 3.22. The Morgan fingerprint density at radius 2 is 1.76 bits per heavy atom. The van der Waals surface area contributed by atoms with E-state index in [1.54, 1.807) is 0 Å². The molecule has 0 aromatic heterocycles. The van der Waals surface area contributed by atoms with E-state index in [2.05, 4.69) is 11.7 Å². The zero-order valence-electron chi connectivity index (χ0n) is 13.0. The van der Waals surface area contributed by atoms with Gasteiger partial charge in [0.05, 0.1) is 12.0 Å². The highest BCUT2D eigenvalue weighted by molar-refractivity contribution is 5.76. The van der Waals surface area contributed by atoms with Crippen LogP contribution in [-0.4, -0.2) is 43.8 Å². The number of carbonyl (C=O) groups excluding carboxylic acids is 1. The van der Waals surface area contributed by atoms with E-state index in [0.717, 1.165) is 25.9 Å². The second kappa shape index (κ2) is 8.01. The molecule has 1 heterocycles. The number of hydrogen-bond donors (Lipinski definition) is 0. The molecular formula is C15H26F3NO2. The molecule has 0 unspecified atom stereocenters. The molecule has 2 rings (SSSR count). The number of methoxy groups -OCH3 is 1. The van der Waals surface area contributed by atoms with Crippen molar-refractivity contribution in [1.82, 2.24) is 4.90 Å². The number of piperidine rings is 1. The van der Waals surface area contributed by atoms with Crippen LogP contribution in [0.4, 0.5) is 13.2 Å². The lowest BCUT2D eigenvalue weighted by Crippen LogP contribution is -2.35. The quantitative estimate of drug-likeness (QED) is 0.791. The lowest BCUT2D eigenvalue weighted by molar-refractivity contribution is -0.199. The van der Waals surface area contributed by atoms with Gasteiger partial charge in [-0.25, -0.2) is 0 Å². The third-order valence-electron chi connectivity index (χ3n) is 4.05. The number of carbonyl (C=O) groups is 1. The maximum absolute atomic E-state index is 12.0. The highest BCUT2D eigenvalue weighted by Crippen LogP contribution is 2.57. The van der Waals surface area contributed by atoms with Crippen molar-refractivity contribution in [2.24, 2.45) is 5.41 Å². The molecule has 6 heteroatoms. The summed E-state index contributed by atoms with van der Waals surface area (Å²) in [7, 11) is 1.30. The number of rotatable bonds is 4. The fourth-order valence-corrected chi connectivity index (χ4v) is 2.45. The van der Waals surface area contributed by atoms with Gasteiger partial charge >= 0.3 is 6.18 Å². The van der Waals surface area contributed by atoms with E-state index >= 15 is 0 Å². The number of halogens is 3. The molecular weight excluding hydrogens is 283 g/mol. The topological polar surface area (TPSA) is 29.5 Å². The van der Waals surface area contributed by atoms with Gasteiger partial charge in [-0.05, 0) is 38.5 Å². The standard InChI is InChI=1S/C9H17NO.C6H9F3O/c1-2-6-9(11)10-7-4-3-5-8-10;1-10-4-5(2-3-5)6(7,8)9/h2-8H2,1H3;2-4H2,1H3. The van der Waals surface area contributed by atoms with E-state index in [1.807, 2.05) is 4.90 Å². The molecule has 1 amide bonds. The number of likely N-dealkylation sites (tertiary alicyclic amines) is 1. The monoisotopic (exact) mass is 309 g/mol. The van der Waals surface area contributed by atoms with Crippen molar-refractivity contribution in [2.75, 3.05) is 26.8 Å². The van der Waals surface area contributed by atoms with E-state index in [9.17, 15) is 18.0 Å². The van der Waals surface area contributed by atoms with E-state index in [0.29, 0.717) is 5.91 Å². The minimum Gasteiger partial charge on any atom is -0.384 e. The van der Waals surface area contributed by atoms with Gasteiger partial charge in [0.1, 0.15) is 0 Å². The molecule has 1 aliphatic carbocycles. The van der Waals surface area contributed by atoms with Crippen molar-refractivity contribution in [3.63, 3.8) is 0 Å². The normalized spacial score (nSPS) is 20.5. The SMILES string of the molecule is CCCC(=O)N1CCCCC1.COCC1(C(F)(F)F)CC1.